The van der Waals surface area contributed by atoms with Gasteiger partial charge < -0.3 is 0 Å². The van der Waals surface area contributed by atoms with Crippen molar-refractivity contribution < 1.29 is 0 Å². The van der Waals surface area contributed by atoms with Crippen LogP contribution in [-0.4, -0.2) is 16.1 Å². The quantitative estimate of drug-likeness (QED) is 0.112. The third-order valence-electron chi connectivity index (χ3n) is 13.1. The van der Waals surface area contributed by atoms with Gasteiger partial charge >= 0.3 is 0 Å². The summed E-state index contributed by atoms with van der Waals surface area (Å²) in [5.74, 6) is 35.3. The minimum absolute atomic E-state index is 0.616. The van der Waals surface area contributed by atoms with Crippen molar-refractivity contribution >= 4 is 27.5 Å². The van der Waals surface area contributed by atoms with E-state index < -0.39 is 16.1 Å². The minimum Gasteiger partial charge on any atom is -0.125 e. The van der Waals surface area contributed by atoms with Crippen LogP contribution in [-0.2, 0) is 0 Å². The van der Waals surface area contributed by atoms with Gasteiger partial charge in [-0.25, -0.2) is 0 Å². The predicted molar refractivity (Wildman–Crippen MR) is 294 cm³/mol. The van der Waals surface area contributed by atoms with Crippen molar-refractivity contribution in [3.63, 3.8) is 0 Å². The molecule has 0 atom stereocenters. The van der Waals surface area contributed by atoms with Crippen molar-refractivity contribution in [2.24, 2.45) is 0 Å². The highest BCUT2D eigenvalue weighted by molar-refractivity contribution is 7.13. The van der Waals surface area contributed by atoms with E-state index in [1.807, 2.05) is 0 Å². The summed E-state index contributed by atoms with van der Waals surface area (Å²) >= 11 is 1.66. The summed E-state index contributed by atoms with van der Waals surface area (Å²) in [6, 6.07) is 21.2. The third kappa shape index (κ3) is 15.5. The molecule has 65 heavy (non-hydrogen) atoms. The summed E-state index contributed by atoms with van der Waals surface area (Å²) in [6.07, 6.45) is 7.76. The van der Waals surface area contributed by atoms with Crippen LogP contribution in [0.2, 0.25) is 33.2 Å². The first-order valence-electron chi connectivity index (χ1n) is 24.9. The summed E-state index contributed by atoms with van der Waals surface area (Å²) < 4.78 is 0. The Morgan fingerprint density at radius 1 is 0.354 bits per heavy atom. The van der Waals surface area contributed by atoms with Crippen LogP contribution < -0.4 is 0 Å². The van der Waals surface area contributed by atoms with Crippen LogP contribution in [0.4, 0.5) is 0 Å². The van der Waals surface area contributed by atoms with Gasteiger partial charge in [0.2, 0.25) is 0 Å². The van der Waals surface area contributed by atoms with E-state index >= 15 is 0 Å². The Balaban J connectivity index is 1.90. The lowest BCUT2D eigenvalue weighted by molar-refractivity contribution is 0.838. The molecule has 0 saturated carbocycles. The molecular weight excluding hydrogens is 833 g/mol. The Kier molecular flexibility index (Phi) is 22.9. The molecule has 0 amide bonds. The van der Waals surface area contributed by atoms with Crippen molar-refractivity contribution in [1.29, 1.82) is 0 Å². The molecule has 0 aliphatic carbocycles. The van der Waals surface area contributed by atoms with Crippen molar-refractivity contribution in [1.82, 2.24) is 0 Å². The van der Waals surface area contributed by atoms with Gasteiger partial charge in [0.25, 0.3) is 0 Å². The monoisotopic (exact) mass is 913 g/mol. The molecule has 0 fully saturated rings. The van der Waals surface area contributed by atoms with Gasteiger partial charge in [0.15, 0.2) is 0 Å². The fourth-order valence-corrected chi connectivity index (χ4v) is 20.9. The van der Waals surface area contributed by atoms with Crippen molar-refractivity contribution in [3.05, 3.63) is 115 Å². The van der Waals surface area contributed by atoms with Gasteiger partial charge in [-0.1, -0.05) is 196 Å². The molecule has 342 valence electrons. The van der Waals surface area contributed by atoms with Gasteiger partial charge in [0.05, 0.1) is 9.75 Å². The molecule has 2 aromatic carbocycles. The average molecular weight is 914 g/mol. The van der Waals surface area contributed by atoms with E-state index in [4.69, 9.17) is 0 Å². The Labute approximate surface area is 405 Å². The molecule has 0 unspecified atom stereocenters. The Morgan fingerprint density at radius 2 is 0.585 bits per heavy atom. The largest absolute Gasteiger partial charge is 0.146 e. The number of hydrogen-bond acceptors (Lipinski definition) is 1. The van der Waals surface area contributed by atoms with E-state index in [0.29, 0.717) is 33.2 Å². The van der Waals surface area contributed by atoms with Gasteiger partial charge in [0.1, 0.15) is 16.1 Å². The zero-order valence-electron chi connectivity index (χ0n) is 43.3. The second kappa shape index (κ2) is 27.1. The normalized spacial score (nSPS) is 12.2. The standard InChI is InChI=1S/C62H80SSi2/c1-17-21-57(35-33-53-25-29-55(30-26-53)43-45-64(47(5)6,48(7)8)49(9)10)59(23-19-3)37-39-61-41-42-62(63-61)40-38-60(24-20-4)58(22-18-2)36-34-54-27-31-56(32-28-54)44-46-65(50(11)12,51(13)14)52(15)16/h25-32,41-42,47-52H,17-24H2,1-16H3/b59-57+,60-58+. The summed E-state index contributed by atoms with van der Waals surface area (Å²) in [6.45, 7) is 37.2. The molecule has 3 aromatic rings. The van der Waals surface area contributed by atoms with E-state index in [-0.39, 0.29) is 0 Å². The maximum absolute atomic E-state index is 3.85. The van der Waals surface area contributed by atoms with Crippen molar-refractivity contribution in [3.8, 4) is 70.3 Å². The van der Waals surface area contributed by atoms with Crippen LogP contribution in [0.25, 0.3) is 0 Å². The molecule has 0 radical (unpaired) electrons. The highest BCUT2D eigenvalue weighted by atomic mass is 32.1. The van der Waals surface area contributed by atoms with Crippen LogP contribution in [0, 0.1) is 70.3 Å². The van der Waals surface area contributed by atoms with Gasteiger partial charge in [-0.3, -0.25) is 0 Å². The van der Waals surface area contributed by atoms with Gasteiger partial charge in [-0.05, 0) is 120 Å². The summed E-state index contributed by atoms with van der Waals surface area (Å²) in [5.41, 5.74) is 20.2. The van der Waals surface area contributed by atoms with Gasteiger partial charge in [-0.15, -0.1) is 22.4 Å². The van der Waals surface area contributed by atoms with E-state index in [1.165, 1.54) is 0 Å². The summed E-state index contributed by atoms with van der Waals surface area (Å²) in [7, 11) is -3.56. The molecule has 0 aliphatic rings. The Bertz CT molecular complexity index is 2240. The van der Waals surface area contributed by atoms with E-state index in [9.17, 15) is 0 Å². The van der Waals surface area contributed by atoms with Crippen LogP contribution in [0.5, 0.6) is 0 Å². The Morgan fingerprint density at radius 3 is 0.815 bits per heavy atom. The predicted octanol–water partition coefficient (Wildman–Crippen LogP) is 17.5. The first-order valence-corrected chi connectivity index (χ1v) is 30.1. The molecule has 0 N–H and O–H groups in total. The molecule has 1 heterocycles. The molecular formula is C62H80SSi2. The molecule has 0 nitrogen and oxygen atoms in total. The number of hydrogen-bond donors (Lipinski definition) is 0. The molecule has 3 heteroatoms. The highest BCUT2D eigenvalue weighted by Gasteiger charge is 2.42. The van der Waals surface area contributed by atoms with E-state index in [0.717, 1.165) is 106 Å². The Hall–Kier alpha value is -4.59. The molecule has 0 saturated heterocycles. The van der Waals surface area contributed by atoms with E-state index in [1.54, 1.807) is 11.3 Å². The molecule has 1 aromatic heterocycles. The second-order valence-electron chi connectivity index (χ2n) is 19.5. The lowest BCUT2D eigenvalue weighted by Crippen LogP contribution is -2.43. The first-order chi connectivity index (χ1) is 31.0. The zero-order valence-corrected chi connectivity index (χ0v) is 46.1. The second-order valence-corrected chi connectivity index (χ2v) is 31.8. The lowest BCUT2D eigenvalue weighted by Gasteiger charge is -2.38. The molecule has 0 spiro atoms. The number of allylic oxidation sites excluding steroid dienone is 4. The smallest absolute Gasteiger partial charge is 0.125 e. The zero-order chi connectivity index (χ0) is 48.2. The maximum Gasteiger partial charge on any atom is 0.146 e. The maximum atomic E-state index is 3.85. The summed E-state index contributed by atoms with van der Waals surface area (Å²) in [5, 5.41) is 0. The molecule has 0 bridgehead atoms. The number of thiophene rings is 1. The molecule has 3 rings (SSSR count). The first kappa shape index (κ1) is 54.7. The van der Waals surface area contributed by atoms with Crippen LogP contribution in [0.1, 0.15) is 194 Å². The number of rotatable bonds is 14. The fraction of sp³-hybridized carbons (Fsp3) is 0.484. The highest BCUT2D eigenvalue weighted by Crippen LogP contribution is 2.42. The SMILES string of the molecule is CCC/C(C#Cc1ccc(C#C[Si](C(C)C)(C(C)C)C(C)C)cc1)=C(\C#Cc1ccc(C#C/C(CCC)=C(/C#Cc2ccc(C#C[Si](C(C)C)(C(C)C)C(C)C)cc2)CCC)s1)CCC. The lowest BCUT2D eigenvalue weighted by atomic mass is 9.99. The van der Waals surface area contributed by atoms with Crippen molar-refractivity contribution in [2.45, 2.75) is 195 Å². The topological polar surface area (TPSA) is 0 Å². The molecule has 0 aliphatic heterocycles. The van der Waals surface area contributed by atoms with Crippen LogP contribution in [0.3, 0.4) is 0 Å². The van der Waals surface area contributed by atoms with Crippen LogP contribution in [0.15, 0.2) is 83.0 Å². The van der Waals surface area contributed by atoms with E-state index in [2.05, 4.69) is 242 Å². The average Bonchev–Trinajstić information content (AvgIpc) is 3.72. The van der Waals surface area contributed by atoms with Gasteiger partial charge in [0, 0.05) is 44.5 Å². The third-order valence-corrected chi connectivity index (χ3v) is 26.6. The van der Waals surface area contributed by atoms with Crippen molar-refractivity contribution in [2.75, 3.05) is 0 Å². The van der Waals surface area contributed by atoms with Crippen LogP contribution >= 0.6 is 11.3 Å². The minimum atomic E-state index is -1.78. The van der Waals surface area contributed by atoms with Gasteiger partial charge in [-0.2, -0.15) is 0 Å². The fourth-order valence-electron chi connectivity index (χ4n) is 9.70. The number of benzene rings is 2. The summed E-state index contributed by atoms with van der Waals surface area (Å²) in [4.78, 5) is 2.05.